The van der Waals surface area contributed by atoms with Gasteiger partial charge < -0.3 is 20.4 Å². The van der Waals surface area contributed by atoms with Crippen LogP contribution in [0.4, 0.5) is 0 Å². The second-order valence-corrected chi connectivity index (χ2v) is 10.8. The molecule has 1 rings (SSSR count). The Morgan fingerprint density at radius 1 is 0.686 bits per heavy atom. The molecular formula is C31H56O4. The lowest BCUT2D eigenvalue weighted by molar-refractivity contribution is -0.0619. The summed E-state index contributed by atoms with van der Waals surface area (Å²) in [6, 6.07) is 10.0. The van der Waals surface area contributed by atoms with Gasteiger partial charge in [-0.15, -0.1) is 0 Å². The predicted octanol–water partition coefficient (Wildman–Crippen LogP) is 6.82. The van der Waals surface area contributed by atoms with Crippen molar-refractivity contribution in [3.63, 3.8) is 0 Å². The van der Waals surface area contributed by atoms with Gasteiger partial charge in [0.1, 0.15) is 6.10 Å². The first-order chi connectivity index (χ1) is 17.0. The molecule has 0 aliphatic carbocycles. The van der Waals surface area contributed by atoms with E-state index in [9.17, 15) is 20.4 Å². The zero-order valence-electron chi connectivity index (χ0n) is 22.8. The Bertz CT molecular complexity index is 577. The highest BCUT2D eigenvalue weighted by molar-refractivity contribution is 5.16. The van der Waals surface area contributed by atoms with Crippen molar-refractivity contribution in [1.29, 1.82) is 0 Å². The summed E-state index contributed by atoms with van der Waals surface area (Å²) in [4.78, 5) is 0. The molecule has 0 radical (unpaired) electrons. The van der Waals surface area contributed by atoms with Crippen LogP contribution in [0.15, 0.2) is 30.3 Å². The third kappa shape index (κ3) is 15.7. The standard InChI is InChI=1S/C31H56O4/c1-3-4-5-6-7-8-9-10-11-12-13-14-15-19-22-28(23-26(2)33)29(31(35)30(34)25-32)24-27-20-17-16-18-21-27/h16-18,20-21,26,28-35H,3-15,19,22-25H2,1-2H3. The van der Waals surface area contributed by atoms with Crippen molar-refractivity contribution >= 4 is 0 Å². The van der Waals surface area contributed by atoms with E-state index in [4.69, 9.17) is 0 Å². The van der Waals surface area contributed by atoms with Crippen LogP contribution in [-0.2, 0) is 6.42 Å². The van der Waals surface area contributed by atoms with Crippen molar-refractivity contribution in [3.8, 4) is 0 Å². The van der Waals surface area contributed by atoms with Crippen molar-refractivity contribution in [3.05, 3.63) is 35.9 Å². The molecule has 0 heterocycles. The van der Waals surface area contributed by atoms with Gasteiger partial charge in [0.2, 0.25) is 0 Å². The normalized spacial score (nSPS) is 16.1. The number of aliphatic hydroxyl groups excluding tert-OH is 4. The third-order valence-electron chi connectivity index (χ3n) is 7.51. The number of hydrogen-bond acceptors (Lipinski definition) is 4. The first kappa shape index (κ1) is 32.1. The first-order valence-electron chi connectivity index (χ1n) is 14.7. The minimum atomic E-state index is -1.16. The van der Waals surface area contributed by atoms with Crippen LogP contribution in [-0.4, -0.2) is 45.3 Å². The average Bonchev–Trinajstić information content (AvgIpc) is 2.86. The Labute approximate surface area is 216 Å². The zero-order chi connectivity index (χ0) is 25.7. The summed E-state index contributed by atoms with van der Waals surface area (Å²) >= 11 is 0. The fourth-order valence-electron chi connectivity index (χ4n) is 5.39. The molecule has 0 fully saturated rings. The number of benzene rings is 1. The molecule has 0 aliphatic rings. The summed E-state index contributed by atoms with van der Waals surface area (Å²) in [5.74, 6) is -0.0974. The van der Waals surface area contributed by atoms with E-state index in [1.54, 1.807) is 6.92 Å². The van der Waals surface area contributed by atoms with Crippen LogP contribution < -0.4 is 0 Å². The van der Waals surface area contributed by atoms with E-state index in [1.165, 1.54) is 83.5 Å². The molecule has 4 nitrogen and oxygen atoms in total. The lowest BCUT2D eigenvalue weighted by atomic mass is 9.76. The van der Waals surface area contributed by atoms with E-state index in [2.05, 4.69) is 6.92 Å². The minimum absolute atomic E-state index is 0.101. The molecule has 5 atom stereocenters. The van der Waals surface area contributed by atoms with Crippen LogP contribution in [0.1, 0.15) is 122 Å². The third-order valence-corrected chi connectivity index (χ3v) is 7.51. The van der Waals surface area contributed by atoms with Crippen LogP contribution in [0.25, 0.3) is 0 Å². The Kier molecular flexibility index (Phi) is 19.4. The largest absolute Gasteiger partial charge is 0.394 e. The van der Waals surface area contributed by atoms with Gasteiger partial charge >= 0.3 is 0 Å². The fraction of sp³-hybridized carbons (Fsp3) is 0.806. The molecule has 0 saturated carbocycles. The van der Waals surface area contributed by atoms with Crippen LogP contribution in [0.5, 0.6) is 0 Å². The molecule has 1 aromatic carbocycles. The van der Waals surface area contributed by atoms with Gasteiger partial charge in [0.05, 0.1) is 18.8 Å². The van der Waals surface area contributed by atoms with Crippen molar-refractivity contribution in [2.75, 3.05) is 6.61 Å². The maximum Gasteiger partial charge on any atom is 0.103 e. The molecule has 35 heavy (non-hydrogen) atoms. The van der Waals surface area contributed by atoms with E-state index in [-0.39, 0.29) is 11.8 Å². The zero-order valence-corrected chi connectivity index (χ0v) is 22.8. The van der Waals surface area contributed by atoms with E-state index >= 15 is 0 Å². The molecule has 0 amide bonds. The van der Waals surface area contributed by atoms with Crippen LogP contribution in [0, 0.1) is 11.8 Å². The van der Waals surface area contributed by atoms with Crippen LogP contribution >= 0.6 is 0 Å². The van der Waals surface area contributed by atoms with Crippen molar-refractivity contribution in [2.24, 2.45) is 11.8 Å². The minimum Gasteiger partial charge on any atom is -0.394 e. The van der Waals surface area contributed by atoms with E-state index in [0.717, 1.165) is 18.4 Å². The lowest BCUT2D eigenvalue weighted by Crippen LogP contribution is -2.41. The number of unbranched alkanes of at least 4 members (excludes halogenated alkanes) is 13. The maximum atomic E-state index is 10.8. The van der Waals surface area contributed by atoms with E-state index < -0.39 is 24.9 Å². The predicted molar refractivity (Wildman–Crippen MR) is 147 cm³/mol. The molecule has 0 aromatic heterocycles. The molecule has 0 bridgehead atoms. The fourth-order valence-corrected chi connectivity index (χ4v) is 5.39. The summed E-state index contributed by atoms with van der Waals surface area (Å²) in [6.07, 6.45) is 18.1. The molecule has 0 saturated heterocycles. The average molecular weight is 493 g/mol. The first-order valence-corrected chi connectivity index (χ1v) is 14.7. The van der Waals surface area contributed by atoms with Crippen molar-refractivity contribution < 1.29 is 20.4 Å². The smallest absolute Gasteiger partial charge is 0.103 e. The molecule has 0 spiro atoms. The van der Waals surface area contributed by atoms with E-state index in [1.807, 2.05) is 30.3 Å². The second kappa shape index (κ2) is 21.2. The van der Waals surface area contributed by atoms with Gasteiger partial charge in [0.25, 0.3) is 0 Å². The molecule has 204 valence electrons. The Hall–Kier alpha value is -0.940. The summed E-state index contributed by atoms with van der Waals surface area (Å²) in [6.45, 7) is 3.62. The second-order valence-electron chi connectivity index (χ2n) is 10.8. The van der Waals surface area contributed by atoms with Gasteiger partial charge in [0.15, 0.2) is 0 Å². The highest BCUT2D eigenvalue weighted by Gasteiger charge is 2.33. The number of hydrogen-bond donors (Lipinski definition) is 4. The summed E-state index contributed by atoms with van der Waals surface area (Å²) in [5, 5.41) is 40.6. The summed E-state index contributed by atoms with van der Waals surface area (Å²) in [7, 11) is 0. The van der Waals surface area contributed by atoms with Gasteiger partial charge in [0, 0.05) is 0 Å². The topological polar surface area (TPSA) is 80.9 Å². The highest BCUT2D eigenvalue weighted by Crippen LogP contribution is 2.31. The molecule has 5 unspecified atom stereocenters. The van der Waals surface area contributed by atoms with Gasteiger partial charge in [-0.2, -0.15) is 0 Å². The van der Waals surface area contributed by atoms with Gasteiger partial charge in [-0.3, -0.25) is 0 Å². The lowest BCUT2D eigenvalue weighted by Gasteiger charge is -2.34. The van der Waals surface area contributed by atoms with Gasteiger partial charge in [-0.05, 0) is 43.6 Å². The molecule has 4 heteroatoms. The SMILES string of the molecule is CCCCCCCCCCCCCCCCC(CC(C)O)C(Cc1ccccc1)C(O)C(O)CO. The molecule has 4 N–H and O–H groups in total. The monoisotopic (exact) mass is 492 g/mol. The summed E-state index contributed by atoms with van der Waals surface area (Å²) in [5.41, 5.74) is 1.11. The van der Waals surface area contributed by atoms with Crippen molar-refractivity contribution in [1.82, 2.24) is 0 Å². The summed E-state index contributed by atoms with van der Waals surface area (Å²) < 4.78 is 0. The number of rotatable bonds is 23. The molecular weight excluding hydrogens is 436 g/mol. The Balaban J connectivity index is 2.38. The highest BCUT2D eigenvalue weighted by atomic mass is 16.4. The molecule has 1 aromatic rings. The Morgan fingerprint density at radius 3 is 1.63 bits per heavy atom. The van der Waals surface area contributed by atoms with Gasteiger partial charge in [-0.25, -0.2) is 0 Å². The Morgan fingerprint density at radius 2 is 1.17 bits per heavy atom. The van der Waals surface area contributed by atoms with Crippen LogP contribution in [0.3, 0.4) is 0 Å². The molecule has 0 aliphatic heterocycles. The van der Waals surface area contributed by atoms with E-state index in [0.29, 0.717) is 12.8 Å². The van der Waals surface area contributed by atoms with Crippen molar-refractivity contribution in [2.45, 2.75) is 141 Å². The number of aliphatic hydroxyl groups is 4. The van der Waals surface area contributed by atoms with Crippen LogP contribution in [0.2, 0.25) is 0 Å². The van der Waals surface area contributed by atoms with Gasteiger partial charge in [-0.1, -0.05) is 127 Å². The quantitative estimate of drug-likeness (QED) is 0.126. The maximum absolute atomic E-state index is 10.8.